The third-order valence-corrected chi connectivity index (χ3v) is 2.23. The van der Waals surface area contributed by atoms with Crippen LogP contribution in [0.2, 0.25) is 0 Å². The van der Waals surface area contributed by atoms with Gasteiger partial charge in [-0.15, -0.1) is 0 Å². The van der Waals surface area contributed by atoms with Crippen LogP contribution >= 0.6 is 0 Å². The summed E-state index contributed by atoms with van der Waals surface area (Å²) in [5, 5.41) is 6.22. The Morgan fingerprint density at radius 2 is 2.50 bits per heavy atom. The number of hydrogen-bond acceptors (Lipinski definition) is 2. The maximum atomic E-state index is 11.1. The van der Waals surface area contributed by atoms with Gasteiger partial charge in [0.2, 0.25) is 5.91 Å². The van der Waals surface area contributed by atoms with Crippen molar-refractivity contribution in [3.63, 3.8) is 0 Å². The van der Waals surface area contributed by atoms with E-state index in [4.69, 9.17) is 0 Å². The van der Waals surface area contributed by atoms with E-state index in [1.165, 1.54) is 6.42 Å². The number of amides is 1. The lowest BCUT2D eigenvalue weighted by molar-refractivity contribution is -0.121. The van der Waals surface area contributed by atoms with Crippen molar-refractivity contribution in [3.8, 4) is 0 Å². The molecular formula is C9H18N2O. The molecule has 70 valence electrons. The number of nitrogens with one attached hydrogen (secondary N) is 2. The summed E-state index contributed by atoms with van der Waals surface area (Å²) in [6, 6.07) is 0. The van der Waals surface area contributed by atoms with Gasteiger partial charge in [-0.3, -0.25) is 4.79 Å². The molecule has 0 aromatic carbocycles. The summed E-state index contributed by atoms with van der Waals surface area (Å²) in [4.78, 5) is 11.1. The molecule has 3 nitrogen and oxygen atoms in total. The van der Waals surface area contributed by atoms with Gasteiger partial charge in [-0.05, 0) is 31.8 Å². The van der Waals surface area contributed by atoms with E-state index in [0.29, 0.717) is 12.3 Å². The number of hydrogen-bond donors (Lipinski definition) is 2. The van der Waals surface area contributed by atoms with Crippen molar-refractivity contribution >= 4 is 5.91 Å². The Balaban J connectivity index is 2.03. The van der Waals surface area contributed by atoms with Crippen molar-refractivity contribution in [2.24, 2.45) is 5.92 Å². The van der Waals surface area contributed by atoms with Crippen molar-refractivity contribution < 1.29 is 4.79 Å². The summed E-state index contributed by atoms with van der Waals surface area (Å²) in [6.07, 6.45) is 2.81. The molecule has 0 aromatic rings. The summed E-state index contributed by atoms with van der Waals surface area (Å²) in [6.45, 7) is 5.04. The molecule has 3 heteroatoms. The Kier molecular flexibility index (Phi) is 4.08. The topological polar surface area (TPSA) is 41.1 Å². The molecule has 1 aliphatic heterocycles. The quantitative estimate of drug-likeness (QED) is 0.645. The molecule has 0 aromatic heterocycles. The minimum absolute atomic E-state index is 0.199. The van der Waals surface area contributed by atoms with E-state index >= 15 is 0 Å². The SMILES string of the molecule is CCCC(=O)NCC1CCNC1. The average molecular weight is 170 g/mol. The third kappa shape index (κ3) is 3.22. The zero-order valence-electron chi connectivity index (χ0n) is 7.73. The first-order valence-electron chi connectivity index (χ1n) is 4.80. The summed E-state index contributed by atoms with van der Waals surface area (Å²) in [5.74, 6) is 0.857. The molecule has 1 heterocycles. The van der Waals surface area contributed by atoms with Crippen molar-refractivity contribution in [1.82, 2.24) is 10.6 Å². The standard InChI is InChI=1S/C9H18N2O/c1-2-3-9(12)11-7-8-4-5-10-6-8/h8,10H,2-7H2,1H3,(H,11,12). The van der Waals surface area contributed by atoms with Crippen molar-refractivity contribution in [3.05, 3.63) is 0 Å². The fourth-order valence-corrected chi connectivity index (χ4v) is 1.46. The van der Waals surface area contributed by atoms with Crippen molar-refractivity contribution in [2.75, 3.05) is 19.6 Å². The van der Waals surface area contributed by atoms with Gasteiger partial charge in [0, 0.05) is 13.0 Å². The average Bonchev–Trinajstić information content (AvgIpc) is 2.53. The normalized spacial score (nSPS) is 22.6. The largest absolute Gasteiger partial charge is 0.356 e. The van der Waals surface area contributed by atoms with Crippen LogP contribution in [0.25, 0.3) is 0 Å². The van der Waals surface area contributed by atoms with E-state index in [-0.39, 0.29) is 5.91 Å². The van der Waals surface area contributed by atoms with Crippen LogP contribution in [0.1, 0.15) is 26.2 Å². The van der Waals surface area contributed by atoms with Crippen molar-refractivity contribution in [1.29, 1.82) is 0 Å². The summed E-state index contributed by atoms with van der Waals surface area (Å²) < 4.78 is 0. The van der Waals surface area contributed by atoms with Gasteiger partial charge in [-0.25, -0.2) is 0 Å². The molecule has 0 spiro atoms. The Hall–Kier alpha value is -0.570. The molecule has 1 rings (SSSR count). The van der Waals surface area contributed by atoms with Crippen LogP contribution in [0.4, 0.5) is 0 Å². The molecule has 1 atom stereocenters. The first-order chi connectivity index (χ1) is 5.83. The van der Waals surface area contributed by atoms with Gasteiger partial charge < -0.3 is 10.6 Å². The highest BCUT2D eigenvalue weighted by atomic mass is 16.1. The predicted molar refractivity (Wildman–Crippen MR) is 48.9 cm³/mol. The maximum Gasteiger partial charge on any atom is 0.219 e. The second kappa shape index (κ2) is 5.14. The van der Waals surface area contributed by atoms with E-state index in [0.717, 1.165) is 26.1 Å². The lowest BCUT2D eigenvalue weighted by atomic mass is 10.1. The van der Waals surface area contributed by atoms with Crippen LogP contribution in [-0.2, 0) is 4.79 Å². The fraction of sp³-hybridized carbons (Fsp3) is 0.889. The summed E-state index contributed by atoms with van der Waals surface area (Å²) in [5.41, 5.74) is 0. The molecule has 1 unspecified atom stereocenters. The minimum atomic E-state index is 0.199. The van der Waals surface area contributed by atoms with Crippen LogP contribution in [-0.4, -0.2) is 25.5 Å². The number of carbonyl (C=O) groups excluding carboxylic acids is 1. The van der Waals surface area contributed by atoms with Crippen LogP contribution < -0.4 is 10.6 Å². The van der Waals surface area contributed by atoms with Gasteiger partial charge in [0.15, 0.2) is 0 Å². The van der Waals surface area contributed by atoms with Crippen LogP contribution in [0, 0.1) is 5.92 Å². The Morgan fingerprint density at radius 1 is 1.67 bits per heavy atom. The van der Waals surface area contributed by atoms with E-state index in [1.54, 1.807) is 0 Å². The number of carbonyl (C=O) groups is 1. The smallest absolute Gasteiger partial charge is 0.219 e. The zero-order chi connectivity index (χ0) is 8.81. The molecular weight excluding hydrogens is 152 g/mol. The molecule has 1 aliphatic rings. The van der Waals surface area contributed by atoms with Gasteiger partial charge in [-0.1, -0.05) is 6.92 Å². The van der Waals surface area contributed by atoms with E-state index in [1.807, 2.05) is 6.92 Å². The Bertz CT molecular complexity index is 141. The van der Waals surface area contributed by atoms with E-state index < -0.39 is 0 Å². The highest BCUT2D eigenvalue weighted by Crippen LogP contribution is 2.05. The minimum Gasteiger partial charge on any atom is -0.356 e. The monoisotopic (exact) mass is 170 g/mol. The van der Waals surface area contributed by atoms with Gasteiger partial charge in [0.25, 0.3) is 0 Å². The second-order valence-corrected chi connectivity index (χ2v) is 3.41. The highest BCUT2D eigenvalue weighted by molar-refractivity contribution is 5.75. The van der Waals surface area contributed by atoms with Gasteiger partial charge in [0.1, 0.15) is 0 Å². The van der Waals surface area contributed by atoms with Crippen LogP contribution in [0.3, 0.4) is 0 Å². The van der Waals surface area contributed by atoms with Gasteiger partial charge >= 0.3 is 0 Å². The number of rotatable bonds is 4. The maximum absolute atomic E-state index is 11.1. The first-order valence-corrected chi connectivity index (χ1v) is 4.80. The fourth-order valence-electron chi connectivity index (χ4n) is 1.46. The molecule has 1 fully saturated rings. The van der Waals surface area contributed by atoms with Crippen LogP contribution in [0.15, 0.2) is 0 Å². The Labute approximate surface area is 73.9 Å². The van der Waals surface area contributed by atoms with Crippen LogP contribution in [0.5, 0.6) is 0 Å². The lowest BCUT2D eigenvalue weighted by Crippen LogP contribution is -2.29. The Morgan fingerprint density at radius 3 is 3.08 bits per heavy atom. The van der Waals surface area contributed by atoms with Crippen molar-refractivity contribution in [2.45, 2.75) is 26.2 Å². The third-order valence-electron chi connectivity index (χ3n) is 2.23. The first kappa shape index (κ1) is 9.52. The molecule has 2 N–H and O–H groups in total. The molecule has 0 bridgehead atoms. The summed E-state index contributed by atoms with van der Waals surface area (Å²) >= 11 is 0. The lowest BCUT2D eigenvalue weighted by Gasteiger charge is -2.08. The highest BCUT2D eigenvalue weighted by Gasteiger charge is 2.14. The summed E-state index contributed by atoms with van der Waals surface area (Å²) in [7, 11) is 0. The van der Waals surface area contributed by atoms with E-state index in [2.05, 4.69) is 10.6 Å². The molecule has 0 radical (unpaired) electrons. The predicted octanol–water partition coefficient (Wildman–Crippen LogP) is 0.512. The molecule has 0 aliphatic carbocycles. The zero-order valence-corrected chi connectivity index (χ0v) is 7.73. The molecule has 1 saturated heterocycles. The molecule has 12 heavy (non-hydrogen) atoms. The molecule has 1 amide bonds. The molecule has 0 saturated carbocycles. The van der Waals surface area contributed by atoms with Gasteiger partial charge in [0.05, 0.1) is 0 Å². The van der Waals surface area contributed by atoms with Gasteiger partial charge in [-0.2, -0.15) is 0 Å². The second-order valence-electron chi connectivity index (χ2n) is 3.41. The van der Waals surface area contributed by atoms with E-state index in [9.17, 15) is 4.79 Å².